The number of nitrogens with one attached hydrogen (secondary N) is 2. The van der Waals surface area contributed by atoms with E-state index in [-0.39, 0.29) is 29.6 Å². The van der Waals surface area contributed by atoms with E-state index in [2.05, 4.69) is 10.6 Å². The third kappa shape index (κ3) is 5.66. The topological polar surface area (TPSA) is 59.6 Å². The van der Waals surface area contributed by atoms with Crippen molar-refractivity contribution in [2.24, 2.45) is 5.92 Å². The molecule has 0 unspecified atom stereocenters. The molecule has 1 aliphatic heterocycles. The molecule has 1 aliphatic rings. The van der Waals surface area contributed by atoms with Crippen LogP contribution in [-0.2, 0) is 9.53 Å². The summed E-state index contributed by atoms with van der Waals surface area (Å²) in [4.78, 5) is 12.1. The zero-order valence-corrected chi connectivity index (χ0v) is 15.5. The van der Waals surface area contributed by atoms with Gasteiger partial charge in [0, 0.05) is 25.6 Å². The minimum absolute atomic E-state index is 0.0475. The lowest BCUT2D eigenvalue weighted by molar-refractivity contribution is -0.123. The summed E-state index contributed by atoms with van der Waals surface area (Å²) in [6.45, 7) is 2.18. The molecule has 1 saturated heterocycles. The van der Waals surface area contributed by atoms with Gasteiger partial charge in [0.15, 0.2) is 6.61 Å². The van der Waals surface area contributed by atoms with E-state index in [0.717, 1.165) is 0 Å². The number of hydrogen-bond donors (Lipinski definition) is 2. The average Bonchev–Trinajstić information content (AvgIpc) is 2.93. The molecule has 0 aromatic heterocycles. The van der Waals surface area contributed by atoms with Crippen molar-refractivity contribution in [1.29, 1.82) is 0 Å². The lowest BCUT2D eigenvalue weighted by Gasteiger charge is -2.25. The van der Waals surface area contributed by atoms with Crippen LogP contribution in [0.1, 0.15) is 11.7 Å². The standard InChI is InChI=1S/C20H22ClFN2O3/c21-17-7-6-14(10-18(17)22)20-15(11-23-8-9-26-20)12-24-19(25)13-27-16-4-2-1-3-5-16/h1-7,10,15,20,23H,8-9,11-13H2,(H,24,25)/t15-,20-/m0/s1. The monoisotopic (exact) mass is 392 g/mol. The first-order valence-electron chi connectivity index (χ1n) is 8.85. The maximum Gasteiger partial charge on any atom is 0.257 e. The highest BCUT2D eigenvalue weighted by atomic mass is 35.5. The fraction of sp³-hybridized carbons (Fsp3) is 0.350. The summed E-state index contributed by atoms with van der Waals surface area (Å²) < 4.78 is 25.2. The van der Waals surface area contributed by atoms with Crippen LogP contribution in [0.25, 0.3) is 0 Å². The third-order valence-electron chi connectivity index (χ3n) is 4.36. The van der Waals surface area contributed by atoms with Crippen LogP contribution in [0.3, 0.4) is 0 Å². The quantitative estimate of drug-likeness (QED) is 0.793. The molecule has 2 N–H and O–H groups in total. The summed E-state index contributed by atoms with van der Waals surface area (Å²) in [6, 6.07) is 13.8. The fourth-order valence-electron chi connectivity index (χ4n) is 2.99. The van der Waals surface area contributed by atoms with Crippen molar-refractivity contribution in [3.8, 4) is 5.75 Å². The Balaban J connectivity index is 1.58. The first-order chi connectivity index (χ1) is 13.1. The molecule has 2 aromatic carbocycles. The predicted octanol–water partition coefficient (Wildman–Crippen LogP) is 2.95. The van der Waals surface area contributed by atoms with Gasteiger partial charge in [-0.2, -0.15) is 0 Å². The van der Waals surface area contributed by atoms with Gasteiger partial charge in [-0.15, -0.1) is 0 Å². The molecule has 27 heavy (non-hydrogen) atoms. The Hall–Kier alpha value is -2.15. The van der Waals surface area contributed by atoms with E-state index in [4.69, 9.17) is 21.1 Å². The fourth-order valence-corrected chi connectivity index (χ4v) is 3.10. The second-order valence-electron chi connectivity index (χ2n) is 6.33. The number of para-hydroxylation sites is 1. The highest BCUT2D eigenvalue weighted by Crippen LogP contribution is 2.29. The number of carbonyl (C=O) groups excluding carboxylic acids is 1. The molecule has 0 radical (unpaired) electrons. The predicted molar refractivity (Wildman–Crippen MR) is 101 cm³/mol. The minimum atomic E-state index is -0.478. The van der Waals surface area contributed by atoms with Gasteiger partial charge in [0.1, 0.15) is 11.6 Å². The number of carbonyl (C=O) groups is 1. The molecule has 5 nitrogen and oxygen atoms in total. The van der Waals surface area contributed by atoms with Crippen LogP contribution in [0.4, 0.5) is 4.39 Å². The van der Waals surface area contributed by atoms with E-state index in [9.17, 15) is 9.18 Å². The van der Waals surface area contributed by atoms with Crippen molar-refractivity contribution in [2.75, 3.05) is 32.8 Å². The van der Waals surface area contributed by atoms with Gasteiger partial charge < -0.3 is 20.1 Å². The summed E-state index contributed by atoms with van der Waals surface area (Å²) in [6.07, 6.45) is -0.331. The van der Waals surface area contributed by atoms with Crippen molar-refractivity contribution in [3.63, 3.8) is 0 Å². The zero-order valence-electron chi connectivity index (χ0n) is 14.8. The van der Waals surface area contributed by atoms with E-state index in [1.54, 1.807) is 18.2 Å². The Morgan fingerprint density at radius 1 is 1.30 bits per heavy atom. The maximum absolute atomic E-state index is 13.8. The Labute approximate surface area is 162 Å². The van der Waals surface area contributed by atoms with Crippen molar-refractivity contribution in [3.05, 3.63) is 64.9 Å². The molecule has 0 bridgehead atoms. The van der Waals surface area contributed by atoms with Gasteiger partial charge in [-0.1, -0.05) is 35.9 Å². The lowest BCUT2D eigenvalue weighted by Crippen LogP contribution is -2.38. The van der Waals surface area contributed by atoms with E-state index in [0.29, 0.717) is 37.6 Å². The highest BCUT2D eigenvalue weighted by molar-refractivity contribution is 6.30. The van der Waals surface area contributed by atoms with E-state index in [1.165, 1.54) is 12.1 Å². The van der Waals surface area contributed by atoms with Gasteiger partial charge in [-0.25, -0.2) is 4.39 Å². The molecule has 7 heteroatoms. The first-order valence-corrected chi connectivity index (χ1v) is 9.23. The van der Waals surface area contributed by atoms with Gasteiger partial charge in [-0.05, 0) is 29.8 Å². The van der Waals surface area contributed by atoms with Gasteiger partial charge >= 0.3 is 0 Å². The molecular formula is C20H22ClFN2O3. The number of rotatable bonds is 6. The van der Waals surface area contributed by atoms with E-state index >= 15 is 0 Å². The number of amides is 1. The van der Waals surface area contributed by atoms with Crippen molar-refractivity contribution < 1.29 is 18.7 Å². The summed E-state index contributed by atoms with van der Waals surface area (Å²) in [5.41, 5.74) is 0.709. The summed E-state index contributed by atoms with van der Waals surface area (Å²) in [5, 5.41) is 6.23. The zero-order chi connectivity index (χ0) is 19.1. The number of benzene rings is 2. The van der Waals surface area contributed by atoms with Crippen LogP contribution in [0.5, 0.6) is 5.75 Å². The van der Waals surface area contributed by atoms with E-state index in [1.807, 2.05) is 18.2 Å². The van der Waals surface area contributed by atoms with E-state index < -0.39 is 5.82 Å². The summed E-state index contributed by atoms with van der Waals surface area (Å²) in [7, 11) is 0. The number of halogens is 2. The Kier molecular flexibility index (Phi) is 7.04. The number of hydrogen-bond acceptors (Lipinski definition) is 4. The Morgan fingerprint density at radius 2 is 2.11 bits per heavy atom. The molecule has 1 fully saturated rings. The van der Waals surface area contributed by atoms with Crippen molar-refractivity contribution >= 4 is 17.5 Å². The maximum atomic E-state index is 13.8. The molecule has 1 heterocycles. The van der Waals surface area contributed by atoms with Gasteiger partial charge in [-0.3, -0.25) is 4.79 Å². The lowest BCUT2D eigenvalue weighted by atomic mass is 9.95. The molecule has 2 aromatic rings. The molecule has 0 saturated carbocycles. The molecule has 144 valence electrons. The van der Waals surface area contributed by atoms with Crippen LogP contribution in [0.15, 0.2) is 48.5 Å². The van der Waals surface area contributed by atoms with Crippen LogP contribution >= 0.6 is 11.6 Å². The smallest absolute Gasteiger partial charge is 0.257 e. The molecular weight excluding hydrogens is 371 g/mol. The molecule has 0 spiro atoms. The second kappa shape index (κ2) is 9.69. The van der Waals surface area contributed by atoms with Crippen molar-refractivity contribution in [2.45, 2.75) is 6.10 Å². The van der Waals surface area contributed by atoms with Gasteiger partial charge in [0.25, 0.3) is 5.91 Å². The normalized spacial score (nSPS) is 19.9. The van der Waals surface area contributed by atoms with Crippen LogP contribution < -0.4 is 15.4 Å². The SMILES string of the molecule is O=C(COc1ccccc1)NC[C@@H]1CNCCO[C@H]1c1ccc(Cl)c(F)c1. The van der Waals surface area contributed by atoms with Crippen LogP contribution in [-0.4, -0.2) is 38.8 Å². The molecule has 3 rings (SSSR count). The van der Waals surface area contributed by atoms with Crippen LogP contribution in [0.2, 0.25) is 5.02 Å². The average molecular weight is 393 g/mol. The molecule has 1 amide bonds. The second-order valence-corrected chi connectivity index (χ2v) is 6.74. The molecule has 0 aliphatic carbocycles. The Bertz CT molecular complexity index is 760. The first kappa shape index (κ1) is 19.6. The third-order valence-corrected chi connectivity index (χ3v) is 4.66. The minimum Gasteiger partial charge on any atom is -0.484 e. The summed E-state index contributed by atoms with van der Waals surface area (Å²) in [5.74, 6) is -0.103. The van der Waals surface area contributed by atoms with Gasteiger partial charge in [0.05, 0.1) is 17.7 Å². The van der Waals surface area contributed by atoms with Crippen molar-refractivity contribution in [1.82, 2.24) is 10.6 Å². The summed E-state index contributed by atoms with van der Waals surface area (Å²) >= 11 is 5.78. The number of ether oxygens (including phenoxy) is 2. The van der Waals surface area contributed by atoms with Gasteiger partial charge in [0.2, 0.25) is 0 Å². The van der Waals surface area contributed by atoms with Crippen LogP contribution in [0, 0.1) is 11.7 Å². The molecule has 2 atom stereocenters. The largest absolute Gasteiger partial charge is 0.484 e. The highest BCUT2D eigenvalue weighted by Gasteiger charge is 2.27. The Morgan fingerprint density at radius 3 is 2.89 bits per heavy atom.